The van der Waals surface area contributed by atoms with Crippen molar-refractivity contribution in [2.75, 3.05) is 12.3 Å². The molecule has 0 aromatic heterocycles. The zero-order chi connectivity index (χ0) is 10.6. The normalized spacial score (nSPS) is 12.1. The van der Waals surface area contributed by atoms with Crippen LogP contribution in [0.2, 0.25) is 0 Å². The molecule has 0 aliphatic heterocycles. The molecule has 1 aromatic rings. The third-order valence-corrected chi connectivity index (χ3v) is 2.16. The number of anilines is 1. The average Bonchev–Trinajstić information content (AvgIpc) is 2.15. The first-order valence-electron chi connectivity index (χ1n) is 4.69. The highest BCUT2D eigenvalue weighted by molar-refractivity contribution is 5.72. The Balaban J connectivity index is 2.56. The maximum absolute atomic E-state index is 10.7. The van der Waals surface area contributed by atoms with Gasteiger partial charge in [0.25, 0.3) is 0 Å². The van der Waals surface area contributed by atoms with E-state index < -0.39 is 0 Å². The maximum atomic E-state index is 10.7. The van der Waals surface area contributed by atoms with Gasteiger partial charge in [0.05, 0.1) is 0 Å². The molecule has 0 saturated heterocycles. The van der Waals surface area contributed by atoms with Crippen LogP contribution in [-0.2, 0) is 4.79 Å². The Hall–Kier alpha value is -1.51. The molecule has 0 radical (unpaired) electrons. The van der Waals surface area contributed by atoms with E-state index in [9.17, 15) is 4.79 Å². The molecule has 1 rings (SSSR count). The number of hydrogen-bond donors (Lipinski definition) is 2. The Morgan fingerprint density at radius 3 is 2.50 bits per heavy atom. The molecule has 0 bridgehead atoms. The molecular formula is C11H16N2O. The fraction of sp³-hybridized carbons (Fsp3) is 0.364. The highest BCUT2D eigenvalue weighted by Gasteiger charge is 2.04. The summed E-state index contributed by atoms with van der Waals surface area (Å²) in [7, 11) is 0. The van der Waals surface area contributed by atoms with Crippen LogP contribution in [0.25, 0.3) is 0 Å². The summed E-state index contributed by atoms with van der Waals surface area (Å²) in [5.41, 5.74) is 7.53. The fourth-order valence-corrected chi connectivity index (χ4v) is 1.24. The van der Waals surface area contributed by atoms with E-state index in [0.29, 0.717) is 12.5 Å². The molecule has 76 valence electrons. The first kappa shape index (κ1) is 10.6. The van der Waals surface area contributed by atoms with Gasteiger partial charge in [-0.2, -0.15) is 0 Å². The molecule has 3 heteroatoms. The number of rotatable bonds is 3. The summed E-state index contributed by atoms with van der Waals surface area (Å²) in [6.07, 6.45) is 0. The molecule has 0 fully saturated rings. The molecule has 1 atom stereocenters. The van der Waals surface area contributed by atoms with Crippen LogP contribution in [0.15, 0.2) is 24.3 Å². The second kappa shape index (κ2) is 4.65. The summed E-state index contributed by atoms with van der Waals surface area (Å²) in [6, 6.07) is 7.73. The third kappa shape index (κ3) is 3.09. The molecule has 0 aliphatic carbocycles. The Morgan fingerprint density at radius 2 is 2.00 bits per heavy atom. The number of benzene rings is 1. The van der Waals surface area contributed by atoms with Gasteiger partial charge in [-0.25, -0.2) is 0 Å². The van der Waals surface area contributed by atoms with Gasteiger partial charge in [0.1, 0.15) is 0 Å². The third-order valence-electron chi connectivity index (χ3n) is 2.16. The van der Waals surface area contributed by atoms with E-state index in [1.165, 1.54) is 12.5 Å². The Bertz CT molecular complexity index is 306. The average molecular weight is 192 g/mol. The van der Waals surface area contributed by atoms with Crippen LogP contribution in [0.5, 0.6) is 0 Å². The van der Waals surface area contributed by atoms with Gasteiger partial charge < -0.3 is 11.1 Å². The summed E-state index contributed by atoms with van der Waals surface area (Å²) in [4.78, 5) is 10.7. The second-order valence-corrected chi connectivity index (χ2v) is 3.50. The topological polar surface area (TPSA) is 55.1 Å². The van der Waals surface area contributed by atoms with E-state index in [-0.39, 0.29) is 5.91 Å². The Kier molecular flexibility index (Phi) is 3.51. The molecule has 1 aromatic carbocycles. The SMILES string of the molecule is CC(=O)NC[C@@H](C)c1ccc(N)cc1. The van der Waals surface area contributed by atoms with Crippen molar-refractivity contribution in [2.24, 2.45) is 0 Å². The van der Waals surface area contributed by atoms with Gasteiger partial charge in [-0.1, -0.05) is 19.1 Å². The van der Waals surface area contributed by atoms with Crippen molar-refractivity contribution in [1.29, 1.82) is 0 Å². The van der Waals surface area contributed by atoms with Crippen LogP contribution in [0.1, 0.15) is 25.3 Å². The largest absolute Gasteiger partial charge is 0.399 e. The van der Waals surface area contributed by atoms with E-state index in [0.717, 1.165) is 5.69 Å². The van der Waals surface area contributed by atoms with Crippen LogP contribution >= 0.6 is 0 Å². The summed E-state index contributed by atoms with van der Waals surface area (Å²) >= 11 is 0. The minimum Gasteiger partial charge on any atom is -0.399 e. The fourth-order valence-electron chi connectivity index (χ4n) is 1.24. The zero-order valence-electron chi connectivity index (χ0n) is 8.58. The first-order valence-corrected chi connectivity index (χ1v) is 4.69. The minimum absolute atomic E-state index is 0.00675. The van der Waals surface area contributed by atoms with Gasteiger partial charge in [-0.05, 0) is 23.6 Å². The van der Waals surface area contributed by atoms with Crippen LogP contribution in [0, 0.1) is 0 Å². The zero-order valence-corrected chi connectivity index (χ0v) is 8.58. The molecule has 0 heterocycles. The first-order chi connectivity index (χ1) is 6.59. The predicted molar refractivity (Wildman–Crippen MR) is 58.0 cm³/mol. The van der Waals surface area contributed by atoms with E-state index >= 15 is 0 Å². The summed E-state index contributed by atoms with van der Waals surface area (Å²) < 4.78 is 0. The van der Waals surface area contributed by atoms with Crippen molar-refractivity contribution in [3.05, 3.63) is 29.8 Å². The van der Waals surface area contributed by atoms with Gasteiger partial charge in [0, 0.05) is 19.2 Å². The van der Waals surface area contributed by atoms with Crippen molar-refractivity contribution >= 4 is 11.6 Å². The number of nitrogens with one attached hydrogen (secondary N) is 1. The van der Waals surface area contributed by atoms with E-state index in [1.54, 1.807) is 0 Å². The molecule has 3 nitrogen and oxygen atoms in total. The number of carbonyl (C=O) groups excluding carboxylic acids is 1. The smallest absolute Gasteiger partial charge is 0.216 e. The van der Waals surface area contributed by atoms with Crippen LogP contribution in [-0.4, -0.2) is 12.5 Å². The van der Waals surface area contributed by atoms with Crippen molar-refractivity contribution in [3.8, 4) is 0 Å². The number of nitrogen functional groups attached to an aromatic ring is 1. The Labute approximate surface area is 84.3 Å². The lowest BCUT2D eigenvalue weighted by Gasteiger charge is -2.12. The van der Waals surface area contributed by atoms with E-state index in [2.05, 4.69) is 12.2 Å². The van der Waals surface area contributed by atoms with Gasteiger partial charge >= 0.3 is 0 Å². The lowest BCUT2D eigenvalue weighted by atomic mass is 10.0. The van der Waals surface area contributed by atoms with Crippen LogP contribution < -0.4 is 11.1 Å². The summed E-state index contributed by atoms with van der Waals surface area (Å²) in [5.74, 6) is 0.326. The minimum atomic E-state index is 0.00675. The molecule has 0 unspecified atom stereocenters. The van der Waals surface area contributed by atoms with Crippen molar-refractivity contribution in [2.45, 2.75) is 19.8 Å². The lowest BCUT2D eigenvalue weighted by Crippen LogP contribution is -2.24. The molecule has 0 spiro atoms. The predicted octanol–water partition coefficient (Wildman–Crippen LogP) is 1.51. The lowest BCUT2D eigenvalue weighted by molar-refractivity contribution is -0.119. The van der Waals surface area contributed by atoms with Gasteiger partial charge in [0.2, 0.25) is 5.91 Å². The monoisotopic (exact) mass is 192 g/mol. The van der Waals surface area contributed by atoms with Crippen LogP contribution in [0.3, 0.4) is 0 Å². The molecular weight excluding hydrogens is 176 g/mol. The van der Waals surface area contributed by atoms with Crippen molar-refractivity contribution < 1.29 is 4.79 Å². The highest BCUT2D eigenvalue weighted by atomic mass is 16.1. The summed E-state index contributed by atoms with van der Waals surface area (Å²) in [5, 5.41) is 2.79. The van der Waals surface area contributed by atoms with E-state index in [4.69, 9.17) is 5.73 Å². The quantitative estimate of drug-likeness (QED) is 0.713. The molecule has 14 heavy (non-hydrogen) atoms. The number of amides is 1. The van der Waals surface area contributed by atoms with Gasteiger partial charge in [-0.3, -0.25) is 4.79 Å². The maximum Gasteiger partial charge on any atom is 0.216 e. The van der Waals surface area contributed by atoms with Crippen molar-refractivity contribution in [1.82, 2.24) is 5.32 Å². The standard InChI is InChI=1S/C11H16N2O/c1-8(7-13-9(2)14)10-3-5-11(12)6-4-10/h3-6,8H,7,12H2,1-2H3,(H,13,14)/t8-/m1/s1. The van der Waals surface area contributed by atoms with Crippen LogP contribution in [0.4, 0.5) is 5.69 Å². The molecule has 0 saturated carbocycles. The van der Waals surface area contributed by atoms with Gasteiger partial charge in [0.15, 0.2) is 0 Å². The van der Waals surface area contributed by atoms with Crippen molar-refractivity contribution in [3.63, 3.8) is 0 Å². The molecule has 3 N–H and O–H groups in total. The van der Waals surface area contributed by atoms with E-state index in [1.807, 2.05) is 24.3 Å². The second-order valence-electron chi connectivity index (χ2n) is 3.50. The summed E-state index contributed by atoms with van der Waals surface area (Å²) in [6.45, 7) is 4.26. The molecule has 0 aliphatic rings. The number of carbonyl (C=O) groups is 1. The Morgan fingerprint density at radius 1 is 1.43 bits per heavy atom. The number of hydrogen-bond acceptors (Lipinski definition) is 2. The highest BCUT2D eigenvalue weighted by Crippen LogP contribution is 2.15. The van der Waals surface area contributed by atoms with Gasteiger partial charge in [-0.15, -0.1) is 0 Å². The molecule has 1 amide bonds. The number of nitrogens with two attached hydrogens (primary N) is 1.